The molecule has 0 aromatic carbocycles. The second kappa shape index (κ2) is 7.91. The normalized spacial score (nSPS) is 23.0. The molecule has 2 saturated heterocycles. The summed E-state index contributed by atoms with van der Waals surface area (Å²) in [6, 6.07) is 3.80. The molecule has 3 heterocycles. The fraction of sp³-hybridized carbons (Fsp3) is 0.750. The summed E-state index contributed by atoms with van der Waals surface area (Å²) < 4.78 is 1.66. The van der Waals surface area contributed by atoms with Crippen molar-refractivity contribution in [1.82, 2.24) is 20.0 Å². The Morgan fingerprint density at radius 2 is 1.85 bits per heavy atom. The van der Waals surface area contributed by atoms with Crippen molar-refractivity contribution in [3.8, 4) is 0 Å². The first-order chi connectivity index (χ1) is 12.3. The lowest BCUT2D eigenvalue weighted by molar-refractivity contribution is -0.123. The molecule has 0 saturated carbocycles. The van der Waals surface area contributed by atoms with Crippen LogP contribution in [0.25, 0.3) is 0 Å². The number of hydrogen-bond donors (Lipinski definition) is 1. The van der Waals surface area contributed by atoms with Gasteiger partial charge in [-0.25, -0.2) is 4.68 Å². The number of carbonyl (C=O) groups excluding carboxylic acids is 1. The Kier molecular flexibility index (Phi) is 5.80. The van der Waals surface area contributed by atoms with E-state index in [0.717, 1.165) is 51.0 Å². The van der Waals surface area contributed by atoms with Crippen LogP contribution >= 0.6 is 0 Å². The lowest BCUT2D eigenvalue weighted by Gasteiger charge is -2.35. The number of piperidine rings is 2. The van der Waals surface area contributed by atoms with Crippen LogP contribution in [0.1, 0.15) is 58.6 Å². The number of rotatable bonds is 4. The summed E-state index contributed by atoms with van der Waals surface area (Å²) in [6.45, 7) is 10.1. The SMILES string of the molecule is CC(C)(C)c1ccc(=O)n(CC2CCN(CC3CCCC(=O)N3)CC2)n1. The van der Waals surface area contributed by atoms with Gasteiger partial charge in [0.15, 0.2) is 0 Å². The van der Waals surface area contributed by atoms with Gasteiger partial charge in [-0.05, 0) is 50.8 Å². The van der Waals surface area contributed by atoms with Crippen molar-refractivity contribution in [1.29, 1.82) is 0 Å². The van der Waals surface area contributed by atoms with Gasteiger partial charge in [-0.3, -0.25) is 9.59 Å². The summed E-state index contributed by atoms with van der Waals surface area (Å²) in [5, 5.41) is 7.71. The number of amides is 1. The molecule has 6 heteroatoms. The van der Waals surface area contributed by atoms with Crippen LogP contribution in [-0.2, 0) is 16.8 Å². The van der Waals surface area contributed by atoms with Crippen LogP contribution in [0.2, 0.25) is 0 Å². The minimum Gasteiger partial charge on any atom is -0.352 e. The molecule has 1 atom stereocenters. The first kappa shape index (κ1) is 19.1. The summed E-state index contributed by atoms with van der Waals surface area (Å²) >= 11 is 0. The van der Waals surface area contributed by atoms with Crippen LogP contribution in [0.3, 0.4) is 0 Å². The van der Waals surface area contributed by atoms with Crippen LogP contribution in [0, 0.1) is 5.92 Å². The summed E-state index contributed by atoms with van der Waals surface area (Å²) in [6.07, 6.45) is 4.92. The Morgan fingerprint density at radius 3 is 2.50 bits per heavy atom. The van der Waals surface area contributed by atoms with Gasteiger partial charge in [-0.2, -0.15) is 5.10 Å². The second-order valence-corrected chi connectivity index (χ2v) is 8.89. The van der Waals surface area contributed by atoms with E-state index in [0.29, 0.717) is 24.9 Å². The van der Waals surface area contributed by atoms with E-state index in [4.69, 9.17) is 0 Å². The maximum absolute atomic E-state index is 12.2. The van der Waals surface area contributed by atoms with Crippen LogP contribution in [0.5, 0.6) is 0 Å². The van der Waals surface area contributed by atoms with Gasteiger partial charge in [-0.15, -0.1) is 0 Å². The Labute approximate surface area is 156 Å². The predicted molar refractivity (Wildman–Crippen MR) is 102 cm³/mol. The van der Waals surface area contributed by atoms with Gasteiger partial charge in [0.2, 0.25) is 5.91 Å². The van der Waals surface area contributed by atoms with E-state index in [9.17, 15) is 9.59 Å². The van der Waals surface area contributed by atoms with Gasteiger partial charge < -0.3 is 10.2 Å². The molecule has 1 aromatic rings. The fourth-order valence-corrected chi connectivity index (χ4v) is 3.91. The molecule has 0 spiro atoms. The van der Waals surface area contributed by atoms with E-state index in [1.807, 2.05) is 6.07 Å². The monoisotopic (exact) mass is 360 g/mol. The van der Waals surface area contributed by atoms with Crippen molar-refractivity contribution >= 4 is 5.91 Å². The molecule has 0 aliphatic carbocycles. The van der Waals surface area contributed by atoms with Crippen molar-refractivity contribution in [2.75, 3.05) is 19.6 Å². The van der Waals surface area contributed by atoms with Gasteiger partial charge in [0.1, 0.15) is 0 Å². The zero-order valence-corrected chi connectivity index (χ0v) is 16.3. The smallest absolute Gasteiger partial charge is 0.266 e. The maximum Gasteiger partial charge on any atom is 0.266 e. The van der Waals surface area contributed by atoms with Gasteiger partial charge in [-0.1, -0.05) is 20.8 Å². The average molecular weight is 361 g/mol. The van der Waals surface area contributed by atoms with E-state index in [2.05, 4.69) is 36.1 Å². The standard InChI is InChI=1S/C20H32N4O2/c1-20(2,3)17-7-8-19(26)24(22-17)13-15-9-11-23(12-10-15)14-16-5-4-6-18(25)21-16/h7-8,15-16H,4-6,9-14H2,1-3H3,(H,21,25). The molecule has 1 aromatic heterocycles. The van der Waals surface area contributed by atoms with E-state index in [1.54, 1.807) is 10.7 Å². The van der Waals surface area contributed by atoms with E-state index in [-0.39, 0.29) is 16.9 Å². The van der Waals surface area contributed by atoms with Gasteiger partial charge in [0.25, 0.3) is 5.56 Å². The highest BCUT2D eigenvalue weighted by molar-refractivity contribution is 5.76. The number of nitrogens with one attached hydrogen (secondary N) is 1. The van der Waals surface area contributed by atoms with Crippen molar-refractivity contribution < 1.29 is 4.79 Å². The minimum atomic E-state index is -0.0523. The predicted octanol–water partition coefficient (Wildman–Crippen LogP) is 1.92. The Bertz CT molecular complexity index is 684. The molecular weight excluding hydrogens is 328 g/mol. The topological polar surface area (TPSA) is 67.2 Å². The fourth-order valence-electron chi connectivity index (χ4n) is 3.91. The molecule has 2 aliphatic heterocycles. The summed E-state index contributed by atoms with van der Waals surface area (Å²) in [5.41, 5.74) is 0.899. The molecule has 1 N–H and O–H groups in total. The molecule has 2 aliphatic rings. The van der Waals surface area contributed by atoms with Crippen LogP contribution in [0.4, 0.5) is 0 Å². The molecular formula is C20H32N4O2. The molecule has 1 amide bonds. The van der Waals surface area contributed by atoms with Crippen LogP contribution in [0.15, 0.2) is 16.9 Å². The molecule has 26 heavy (non-hydrogen) atoms. The van der Waals surface area contributed by atoms with Gasteiger partial charge >= 0.3 is 0 Å². The van der Waals surface area contributed by atoms with Crippen LogP contribution < -0.4 is 10.9 Å². The molecule has 3 rings (SSSR count). The number of aromatic nitrogens is 2. The third-order valence-corrected chi connectivity index (χ3v) is 5.57. The van der Waals surface area contributed by atoms with E-state index >= 15 is 0 Å². The molecule has 0 radical (unpaired) electrons. The van der Waals surface area contributed by atoms with Crippen molar-refractivity contribution in [2.45, 2.75) is 70.9 Å². The zero-order valence-electron chi connectivity index (χ0n) is 16.3. The number of likely N-dealkylation sites (tertiary alicyclic amines) is 1. The molecule has 2 fully saturated rings. The molecule has 1 unspecified atom stereocenters. The second-order valence-electron chi connectivity index (χ2n) is 8.89. The molecule has 0 bridgehead atoms. The van der Waals surface area contributed by atoms with Crippen molar-refractivity contribution in [3.05, 3.63) is 28.2 Å². The third kappa shape index (κ3) is 4.93. The first-order valence-corrected chi connectivity index (χ1v) is 9.91. The Morgan fingerprint density at radius 1 is 1.12 bits per heavy atom. The molecule has 6 nitrogen and oxygen atoms in total. The largest absolute Gasteiger partial charge is 0.352 e. The van der Waals surface area contributed by atoms with E-state index in [1.165, 1.54) is 0 Å². The number of hydrogen-bond acceptors (Lipinski definition) is 4. The van der Waals surface area contributed by atoms with Gasteiger partial charge in [0, 0.05) is 37.0 Å². The average Bonchev–Trinajstić information content (AvgIpc) is 2.57. The summed E-state index contributed by atoms with van der Waals surface area (Å²) in [5.74, 6) is 0.688. The number of carbonyl (C=O) groups is 1. The Hall–Kier alpha value is -1.69. The van der Waals surface area contributed by atoms with Crippen LogP contribution in [-0.4, -0.2) is 46.3 Å². The lowest BCUT2D eigenvalue weighted by atomic mass is 9.92. The van der Waals surface area contributed by atoms with Crippen molar-refractivity contribution in [2.24, 2.45) is 5.92 Å². The third-order valence-electron chi connectivity index (χ3n) is 5.57. The summed E-state index contributed by atoms with van der Waals surface area (Å²) in [4.78, 5) is 26.2. The number of nitrogens with zero attached hydrogens (tertiary/aromatic N) is 3. The quantitative estimate of drug-likeness (QED) is 0.891. The first-order valence-electron chi connectivity index (χ1n) is 9.91. The van der Waals surface area contributed by atoms with Crippen molar-refractivity contribution in [3.63, 3.8) is 0 Å². The lowest BCUT2D eigenvalue weighted by Crippen LogP contribution is -2.48. The maximum atomic E-state index is 12.2. The van der Waals surface area contributed by atoms with Gasteiger partial charge in [0.05, 0.1) is 5.69 Å². The highest BCUT2D eigenvalue weighted by atomic mass is 16.1. The summed E-state index contributed by atoms with van der Waals surface area (Å²) in [7, 11) is 0. The highest BCUT2D eigenvalue weighted by Gasteiger charge is 2.25. The zero-order chi connectivity index (χ0) is 18.7. The highest BCUT2D eigenvalue weighted by Crippen LogP contribution is 2.21. The Balaban J connectivity index is 1.53. The van der Waals surface area contributed by atoms with E-state index < -0.39 is 0 Å². The molecule has 144 valence electrons. The minimum absolute atomic E-state index is 0.00894.